The molecule has 0 unspecified atom stereocenters. The summed E-state index contributed by atoms with van der Waals surface area (Å²) < 4.78 is 5.64. The van der Waals surface area contributed by atoms with E-state index in [-0.39, 0.29) is 0 Å². The summed E-state index contributed by atoms with van der Waals surface area (Å²) in [7, 11) is 0. The van der Waals surface area contributed by atoms with Crippen molar-refractivity contribution in [2.45, 2.75) is 13.5 Å². The third-order valence-corrected chi connectivity index (χ3v) is 3.24. The highest BCUT2D eigenvalue weighted by atomic mass is 16.4. The van der Waals surface area contributed by atoms with Crippen molar-refractivity contribution in [1.82, 2.24) is 10.2 Å². The molecule has 3 rings (SSSR count). The minimum absolute atomic E-state index is 0.373. The molecule has 5 nitrogen and oxygen atoms in total. The van der Waals surface area contributed by atoms with Gasteiger partial charge in [-0.3, -0.25) is 0 Å². The Labute approximate surface area is 128 Å². The van der Waals surface area contributed by atoms with Crippen molar-refractivity contribution in [3.63, 3.8) is 0 Å². The van der Waals surface area contributed by atoms with Crippen LogP contribution in [-0.4, -0.2) is 10.2 Å². The molecule has 1 aromatic heterocycles. The Hall–Kier alpha value is -3.13. The van der Waals surface area contributed by atoms with Gasteiger partial charge in [0.1, 0.15) is 6.07 Å². The molecule has 0 saturated carbocycles. The second kappa shape index (κ2) is 6.10. The number of rotatable bonds is 4. The van der Waals surface area contributed by atoms with Crippen molar-refractivity contribution in [2.24, 2.45) is 0 Å². The number of aromatic nitrogens is 2. The van der Waals surface area contributed by atoms with Crippen LogP contribution in [0.2, 0.25) is 0 Å². The summed E-state index contributed by atoms with van der Waals surface area (Å²) in [5.74, 6) is 0.966. The van der Waals surface area contributed by atoms with Crippen molar-refractivity contribution >= 4 is 5.69 Å². The van der Waals surface area contributed by atoms with Gasteiger partial charge in [0.05, 0.1) is 17.8 Å². The van der Waals surface area contributed by atoms with Crippen LogP contribution in [0.3, 0.4) is 0 Å². The number of hydrogen-bond acceptors (Lipinski definition) is 5. The lowest BCUT2D eigenvalue weighted by Gasteiger charge is -2.04. The molecule has 108 valence electrons. The fraction of sp³-hybridized carbons (Fsp3) is 0.118. The molecule has 1 heterocycles. The Morgan fingerprint density at radius 2 is 1.86 bits per heavy atom. The average molecular weight is 290 g/mol. The topological polar surface area (TPSA) is 74.7 Å². The first kappa shape index (κ1) is 13.8. The van der Waals surface area contributed by atoms with Gasteiger partial charge in [0.25, 0.3) is 0 Å². The van der Waals surface area contributed by atoms with E-state index in [0.717, 1.165) is 11.3 Å². The molecule has 0 radical (unpaired) electrons. The normalized spacial score (nSPS) is 10.2. The Bertz CT molecular complexity index is 815. The number of nitriles is 1. The summed E-state index contributed by atoms with van der Waals surface area (Å²) in [6, 6.07) is 17.3. The minimum atomic E-state index is 0.373. The number of nitrogens with one attached hydrogen (secondary N) is 1. The number of anilines is 1. The molecular formula is C17H14N4O. The van der Waals surface area contributed by atoms with Gasteiger partial charge >= 0.3 is 0 Å². The fourth-order valence-corrected chi connectivity index (χ4v) is 2.04. The molecule has 2 aromatic carbocycles. The monoisotopic (exact) mass is 290 g/mol. The van der Waals surface area contributed by atoms with E-state index < -0.39 is 0 Å². The maximum atomic E-state index is 9.05. The van der Waals surface area contributed by atoms with E-state index in [0.29, 0.717) is 23.9 Å². The van der Waals surface area contributed by atoms with E-state index in [9.17, 15) is 0 Å². The lowest BCUT2D eigenvalue weighted by molar-refractivity contribution is 0.515. The van der Waals surface area contributed by atoms with Gasteiger partial charge in [0.15, 0.2) is 0 Å². The Morgan fingerprint density at radius 3 is 2.64 bits per heavy atom. The SMILES string of the molecule is Cc1ccc(-c2nnc(CNc3ccccc3C#N)o2)cc1. The van der Waals surface area contributed by atoms with Gasteiger partial charge in [-0.15, -0.1) is 10.2 Å². The zero-order valence-corrected chi connectivity index (χ0v) is 12.1. The molecule has 0 bridgehead atoms. The zero-order valence-electron chi connectivity index (χ0n) is 12.1. The van der Waals surface area contributed by atoms with E-state index in [1.54, 1.807) is 6.07 Å². The van der Waals surface area contributed by atoms with Crippen LogP contribution >= 0.6 is 0 Å². The van der Waals surface area contributed by atoms with Crippen LogP contribution in [0, 0.1) is 18.3 Å². The highest BCUT2D eigenvalue weighted by Crippen LogP contribution is 2.19. The van der Waals surface area contributed by atoms with Crippen molar-refractivity contribution in [1.29, 1.82) is 5.26 Å². The number of hydrogen-bond donors (Lipinski definition) is 1. The fourth-order valence-electron chi connectivity index (χ4n) is 2.04. The van der Waals surface area contributed by atoms with Gasteiger partial charge in [0, 0.05) is 5.56 Å². The van der Waals surface area contributed by atoms with Crippen LogP contribution in [0.4, 0.5) is 5.69 Å². The second-order valence-electron chi connectivity index (χ2n) is 4.88. The van der Waals surface area contributed by atoms with Crippen LogP contribution in [0.25, 0.3) is 11.5 Å². The molecule has 0 spiro atoms. The first-order chi connectivity index (χ1) is 10.8. The van der Waals surface area contributed by atoms with E-state index in [4.69, 9.17) is 9.68 Å². The first-order valence-corrected chi connectivity index (χ1v) is 6.88. The quantitative estimate of drug-likeness (QED) is 0.795. The molecule has 0 aliphatic heterocycles. The van der Waals surface area contributed by atoms with Gasteiger partial charge in [-0.25, -0.2) is 0 Å². The Balaban J connectivity index is 1.72. The predicted octanol–water partition coefficient (Wildman–Crippen LogP) is 3.53. The van der Waals surface area contributed by atoms with Gasteiger partial charge in [-0.1, -0.05) is 29.8 Å². The largest absolute Gasteiger partial charge is 0.419 e. The summed E-state index contributed by atoms with van der Waals surface area (Å²) in [6.45, 7) is 2.40. The van der Waals surface area contributed by atoms with Crippen molar-refractivity contribution in [3.05, 3.63) is 65.5 Å². The molecule has 0 amide bonds. The zero-order chi connectivity index (χ0) is 15.4. The van der Waals surface area contributed by atoms with Gasteiger partial charge in [-0.05, 0) is 31.2 Å². The number of aryl methyl sites for hydroxylation is 1. The summed E-state index contributed by atoms with van der Waals surface area (Å²) >= 11 is 0. The van der Waals surface area contributed by atoms with E-state index >= 15 is 0 Å². The standard InChI is InChI=1S/C17H14N4O/c1-12-6-8-13(9-7-12)17-21-20-16(22-17)11-19-15-5-3-2-4-14(15)10-18/h2-9,19H,11H2,1H3. The number of benzene rings is 2. The van der Waals surface area contributed by atoms with E-state index in [1.165, 1.54) is 5.56 Å². The minimum Gasteiger partial charge on any atom is -0.419 e. The van der Waals surface area contributed by atoms with Crippen LogP contribution in [0.5, 0.6) is 0 Å². The van der Waals surface area contributed by atoms with Crippen molar-refractivity contribution in [2.75, 3.05) is 5.32 Å². The third-order valence-electron chi connectivity index (χ3n) is 3.24. The summed E-state index contributed by atoms with van der Waals surface area (Å²) in [4.78, 5) is 0. The summed E-state index contributed by atoms with van der Waals surface area (Å²) in [5, 5.41) is 20.3. The molecule has 0 saturated heterocycles. The highest BCUT2D eigenvalue weighted by Gasteiger charge is 2.09. The second-order valence-corrected chi connectivity index (χ2v) is 4.88. The Morgan fingerprint density at radius 1 is 1.09 bits per heavy atom. The van der Waals surface area contributed by atoms with Crippen LogP contribution in [0.15, 0.2) is 52.9 Å². The molecule has 0 atom stereocenters. The van der Waals surface area contributed by atoms with Crippen molar-refractivity contribution in [3.8, 4) is 17.5 Å². The lowest BCUT2D eigenvalue weighted by Crippen LogP contribution is -2.01. The number of para-hydroxylation sites is 1. The maximum Gasteiger partial charge on any atom is 0.247 e. The lowest BCUT2D eigenvalue weighted by atomic mass is 10.1. The molecule has 22 heavy (non-hydrogen) atoms. The highest BCUT2D eigenvalue weighted by molar-refractivity contribution is 5.57. The molecule has 0 aliphatic rings. The summed E-state index contributed by atoms with van der Waals surface area (Å²) in [5.41, 5.74) is 3.40. The van der Waals surface area contributed by atoms with Gasteiger partial charge in [0.2, 0.25) is 11.8 Å². The molecule has 0 aliphatic carbocycles. The molecular weight excluding hydrogens is 276 g/mol. The van der Waals surface area contributed by atoms with Crippen LogP contribution in [0.1, 0.15) is 17.0 Å². The predicted molar refractivity (Wildman–Crippen MR) is 83.0 cm³/mol. The summed E-state index contributed by atoms with van der Waals surface area (Å²) in [6.07, 6.45) is 0. The number of nitrogens with zero attached hydrogens (tertiary/aromatic N) is 3. The smallest absolute Gasteiger partial charge is 0.247 e. The first-order valence-electron chi connectivity index (χ1n) is 6.88. The molecule has 0 fully saturated rings. The average Bonchev–Trinajstić information content (AvgIpc) is 3.03. The Kier molecular flexibility index (Phi) is 3.84. The third kappa shape index (κ3) is 2.96. The maximum absolute atomic E-state index is 9.05. The van der Waals surface area contributed by atoms with Crippen molar-refractivity contribution < 1.29 is 4.42 Å². The molecule has 3 aromatic rings. The molecule has 1 N–H and O–H groups in total. The van der Waals surface area contributed by atoms with Crippen LogP contribution in [-0.2, 0) is 6.54 Å². The van der Waals surface area contributed by atoms with E-state index in [1.807, 2.05) is 49.4 Å². The van der Waals surface area contributed by atoms with Gasteiger partial charge in [-0.2, -0.15) is 5.26 Å². The van der Waals surface area contributed by atoms with E-state index in [2.05, 4.69) is 21.6 Å². The van der Waals surface area contributed by atoms with Gasteiger partial charge < -0.3 is 9.73 Å². The molecule has 5 heteroatoms. The van der Waals surface area contributed by atoms with Crippen LogP contribution < -0.4 is 5.32 Å².